The van der Waals surface area contributed by atoms with Crippen molar-refractivity contribution in [2.24, 2.45) is 35.5 Å². The van der Waals surface area contributed by atoms with Crippen molar-refractivity contribution in [3.63, 3.8) is 0 Å². The van der Waals surface area contributed by atoms with Crippen LogP contribution in [-0.2, 0) is 4.74 Å². The Kier molecular flexibility index (Phi) is 2.44. The Bertz CT molecular complexity index is 400. The molecule has 5 saturated carbocycles. The van der Waals surface area contributed by atoms with Crippen LogP contribution in [0.2, 0.25) is 0 Å². The van der Waals surface area contributed by atoms with Crippen LogP contribution >= 0.6 is 0 Å². The maximum Gasteiger partial charge on any atom is 0.315 e. The number of nitrogens with one attached hydrogen (secondary N) is 2. The van der Waals surface area contributed by atoms with E-state index in [4.69, 9.17) is 4.74 Å². The van der Waals surface area contributed by atoms with E-state index >= 15 is 0 Å². The van der Waals surface area contributed by atoms with Gasteiger partial charge in [-0.1, -0.05) is 0 Å². The number of rotatable bonds is 2. The maximum atomic E-state index is 12.3. The molecule has 5 aliphatic carbocycles. The fraction of sp³-hybridized carbons (Fsp3) is 0.938. The lowest BCUT2D eigenvalue weighted by molar-refractivity contribution is -0.00949. The fourth-order valence-electron chi connectivity index (χ4n) is 5.96. The first-order valence-electron chi connectivity index (χ1n) is 8.42. The van der Waals surface area contributed by atoms with Gasteiger partial charge in [0.1, 0.15) is 0 Å². The second kappa shape index (κ2) is 4.12. The molecule has 2 N–H and O–H groups in total. The Balaban J connectivity index is 1.20. The maximum absolute atomic E-state index is 12.3. The standard InChI is InChI=1S/C16H24N2O2/c19-16(18-15-12-6-20-7-13(12)15)17-14-10-2-8-1-9(4-10)5-11(14)3-8/h8-15H,1-7H2,(H2,17,18,19)/t8?,9?,10?,11?,12-,13+,14?,15?. The monoisotopic (exact) mass is 276 g/mol. The summed E-state index contributed by atoms with van der Waals surface area (Å²) in [5, 5.41) is 6.52. The molecule has 1 saturated heterocycles. The van der Waals surface area contributed by atoms with Crippen molar-refractivity contribution in [2.45, 2.75) is 44.2 Å². The van der Waals surface area contributed by atoms with Crippen LogP contribution in [0.25, 0.3) is 0 Å². The Labute approximate surface area is 120 Å². The van der Waals surface area contributed by atoms with Crippen LogP contribution in [0.5, 0.6) is 0 Å². The molecule has 0 spiro atoms. The first-order valence-corrected chi connectivity index (χ1v) is 8.42. The number of urea groups is 1. The fourth-order valence-corrected chi connectivity index (χ4v) is 5.96. The molecule has 0 aromatic carbocycles. The highest BCUT2D eigenvalue weighted by molar-refractivity contribution is 5.75. The molecular formula is C16H24N2O2. The van der Waals surface area contributed by atoms with Gasteiger partial charge in [-0.15, -0.1) is 0 Å². The van der Waals surface area contributed by atoms with Crippen LogP contribution in [0.3, 0.4) is 0 Å². The third-order valence-corrected chi connectivity index (χ3v) is 6.77. The largest absolute Gasteiger partial charge is 0.381 e. The van der Waals surface area contributed by atoms with Crippen molar-refractivity contribution in [1.29, 1.82) is 0 Å². The van der Waals surface area contributed by atoms with Gasteiger partial charge in [-0.25, -0.2) is 4.79 Å². The number of ether oxygens (including phenoxy) is 1. The van der Waals surface area contributed by atoms with E-state index in [0.29, 0.717) is 23.9 Å². The zero-order valence-electron chi connectivity index (χ0n) is 11.9. The molecule has 1 unspecified atom stereocenters. The van der Waals surface area contributed by atoms with Crippen molar-refractivity contribution in [3.8, 4) is 0 Å². The molecule has 0 aromatic heterocycles. The predicted octanol–water partition coefficient (Wildman–Crippen LogP) is 1.76. The first-order chi connectivity index (χ1) is 9.78. The minimum Gasteiger partial charge on any atom is -0.381 e. The molecule has 4 heteroatoms. The molecular weight excluding hydrogens is 252 g/mol. The lowest BCUT2D eigenvalue weighted by atomic mass is 9.54. The van der Waals surface area contributed by atoms with Gasteiger partial charge >= 0.3 is 6.03 Å². The zero-order valence-corrected chi connectivity index (χ0v) is 11.9. The Morgan fingerprint density at radius 2 is 1.35 bits per heavy atom. The van der Waals surface area contributed by atoms with Gasteiger partial charge in [0.2, 0.25) is 0 Å². The molecule has 1 heterocycles. The lowest BCUT2D eigenvalue weighted by Crippen LogP contribution is -2.57. The van der Waals surface area contributed by atoms with Gasteiger partial charge in [0.15, 0.2) is 0 Å². The quantitative estimate of drug-likeness (QED) is 0.807. The van der Waals surface area contributed by atoms with Crippen LogP contribution in [-0.4, -0.2) is 31.3 Å². The van der Waals surface area contributed by atoms with Gasteiger partial charge < -0.3 is 15.4 Å². The van der Waals surface area contributed by atoms with Crippen LogP contribution in [0.15, 0.2) is 0 Å². The van der Waals surface area contributed by atoms with Crippen LogP contribution in [0.4, 0.5) is 4.79 Å². The van der Waals surface area contributed by atoms with Crippen molar-refractivity contribution < 1.29 is 9.53 Å². The molecule has 4 nitrogen and oxygen atoms in total. The molecule has 1 aliphatic heterocycles. The topological polar surface area (TPSA) is 50.4 Å². The summed E-state index contributed by atoms with van der Waals surface area (Å²) in [6.07, 6.45) is 6.92. The highest BCUT2D eigenvalue weighted by Crippen LogP contribution is 2.53. The van der Waals surface area contributed by atoms with Gasteiger partial charge in [0.05, 0.1) is 13.2 Å². The van der Waals surface area contributed by atoms with E-state index in [1.807, 2.05) is 0 Å². The van der Waals surface area contributed by atoms with E-state index in [9.17, 15) is 4.79 Å². The molecule has 4 bridgehead atoms. The number of hydrogen-bond acceptors (Lipinski definition) is 2. The summed E-state index contributed by atoms with van der Waals surface area (Å²) < 4.78 is 5.37. The second-order valence-electron chi connectivity index (χ2n) is 7.97. The highest BCUT2D eigenvalue weighted by atomic mass is 16.5. The number of carbonyl (C=O) groups is 1. The summed E-state index contributed by atoms with van der Waals surface area (Å²) in [6.45, 7) is 1.68. The normalized spacial score (nSPS) is 54.6. The second-order valence-corrected chi connectivity index (χ2v) is 7.97. The number of carbonyl (C=O) groups excluding carboxylic acids is 1. The van der Waals surface area contributed by atoms with Crippen molar-refractivity contribution in [1.82, 2.24) is 10.6 Å². The molecule has 110 valence electrons. The van der Waals surface area contributed by atoms with E-state index in [1.54, 1.807) is 0 Å². The van der Waals surface area contributed by atoms with Gasteiger partial charge in [0.25, 0.3) is 0 Å². The Hall–Kier alpha value is -0.770. The summed E-state index contributed by atoms with van der Waals surface area (Å²) in [5.41, 5.74) is 0. The lowest BCUT2D eigenvalue weighted by Gasteiger charge is -2.54. The van der Waals surface area contributed by atoms with Gasteiger partial charge in [0, 0.05) is 23.9 Å². The zero-order chi connectivity index (χ0) is 13.3. The SMILES string of the molecule is O=C(NC1C2CC3CC(C2)CC1C3)NC1[C@H]2COC[C@@H]12. The first kappa shape index (κ1) is 11.8. The number of fused-ring (bicyclic) bond motifs is 1. The van der Waals surface area contributed by atoms with E-state index in [1.165, 1.54) is 32.1 Å². The molecule has 6 fully saturated rings. The van der Waals surface area contributed by atoms with Crippen molar-refractivity contribution in [2.75, 3.05) is 13.2 Å². The van der Waals surface area contributed by atoms with Crippen LogP contribution < -0.4 is 10.6 Å². The summed E-state index contributed by atoms with van der Waals surface area (Å²) in [5.74, 6) is 4.66. The molecule has 0 radical (unpaired) electrons. The third kappa shape index (κ3) is 1.73. The molecule has 2 amide bonds. The Morgan fingerprint density at radius 3 is 1.95 bits per heavy atom. The van der Waals surface area contributed by atoms with Crippen LogP contribution in [0, 0.1) is 35.5 Å². The van der Waals surface area contributed by atoms with E-state index in [2.05, 4.69) is 10.6 Å². The summed E-state index contributed by atoms with van der Waals surface area (Å²) in [6, 6.07) is 0.931. The van der Waals surface area contributed by atoms with E-state index in [0.717, 1.165) is 36.9 Å². The molecule has 20 heavy (non-hydrogen) atoms. The van der Waals surface area contributed by atoms with Crippen molar-refractivity contribution >= 4 is 6.03 Å². The minimum atomic E-state index is 0.0851. The molecule has 0 aromatic rings. The third-order valence-electron chi connectivity index (χ3n) is 6.77. The molecule has 3 atom stereocenters. The average Bonchev–Trinajstić information content (AvgIpc) is 2.84. The van der Waals surface area contributed by atoms with Gasteiger partial charge in [-0.2, -0.15) is 0 Å². The minimum absolute atomic E-state index is 0.0851. The Morgan fingerprint density at radius 1 is 0.800 bits per heavy atom. The smallest absolute Gasteiger partial charge is 0.315 e. The van der Waals surface area contributed by atoms with E-state index < -0.39 is 0 Å². The predicted molar refractivity (Wildman–Crippen MR) is 74.1 cm³/mol. The van der Waals surface area contributed by atoms with E-state index in [-0.39, 0.29) is 6.03 Å². The molecule has 6 aliphatic rings. The van der Waals surface area contributed by atoms with Gasteiger partial charge in [-0.05, 0) is 55.8 Å². The summed E-state index contributed by atoms with van der Waals surface area (Å²) in [4.78, 5) is 12.3. The number of amides is 2. The average molecular weight is 276 g/mol. The van der Waals surface area contributed by atoms with Crippen molar-refractivity contribution in [3.05, 3.63) is 0 Å². The van der Waals surface area contributed by atoms with Gasteiger partial charge in [-0.3, -0.25) is 0 Å². The highest BCUT2D eigenvalue weighted by Gasteiger charge is 2.55. The summed E-state index contributed by atoms with van der Waals surface area (Å²) in [7, 11) is 0. The van der Waals surface area contributed by atoms with Crippen LogP contribution in [0.1, 0.15) is 32.1 Å². The summed E-state index contributed by atoms with van der Waals surface area (Å²) >= 11 is 0. The molecule has 6 rings (SSSR count). The number of hydrogen-bond donors (Lipinski definition) is 2.